The maximum Gasteiger partial charge on any atom is 0.323 e. The molecule has 3 fully saturated rings. The summed E-state index contributed by atoms with van der Waals surface area (Å²) in [6.07, 6.45) is 4.21. The van der Waals surface area contributed by atoms with Gasteiger partial charge in [0.2, 0.25) is 11.8 Å². The number of morpholine rings is 1. The van der Waals surface area contributed by atoms with E-state index in [1.54, 1.807) is 41.3 Å². The zero-order chi connectivity index (χ0) is 35.9. The van der Waals surface area contributed by atoms with Gasteiger partial charge in [-0.15, -0.1) is 0 Å². The van der Waals surface area contributed by atoms with Crippen molar-refractivity contribution in [3.8, 4) is 17.1 Å². The predicted octanol–water partition coefficient (Wildman–Crippen LogP) is 4.95. The first-order chi connectivity index (χ1) is 24.5. The predicted molar refractivity (Wildman–Crippen MR) is 196 cm³/mol. The van der Waals surface area contributed by atoms with Crippen LogP contribution in [0.15, 0.2) is 48.5 Å². The van der Waals surface area contributed by atoms with E-state index < -0.39 is 11.6 Å². The molecule has 0 saturated carbocycles. The number of benzene rings is 2. The van der Waals surface area contributed by atoms with E-state index in [4.69, 9.17) is 19.4 Å². The normalized spacial score (nSPS) is 21.6. The number of nitrogens with zero attached hydrogens (tertiary/aromatic N) is 6. The molecule has 0 radical (unpaired) electrons. The first-order valence-corrected chi connectivity index (χ1v) is 18.0. The summed E-state index contributed by atoms with van der Waals surface area (Å²) in [7, 11) is 4.16. The maximum absolute atomic E-state index is 14.0. The van der Waals surface area contributed by atoms with E-state index in [-0.39, 0.29) is 29.9 Å². The second-order valence-electron chi connectivity index (χ2n) is 14.8. The smallest absolute Gasteiger partial charge is 0.323 e. The molecule has 7 rings (SSSR count). The fraction of sp³-hybridized carbons (Fsp3) is 0.500. The summed E-state index contributed by atoms with van der Waals surface area (Å²) in [5, 5.41) is 5.72. The number of fused-ring (bicyclic) bond motifs is 3. The van der Waals surface area contributed by atoms with Crippen LogP contribution in [0.5, 0.6) is 5.88 Å². The number of hydrogen-bond donors (Lipinski definition) is 2. The van der Waals surface area contributed by atoms with Gasteiger partial charge in [0.15, 0.2) is 0 Å². The van der Waals surface area contributed by atoms with Gasteiger partial charge in [-0.1, -0.05) is 12.1 Å². The molecule has 2 bridgehead atoms. The van der Waals surface area contributed by atoms with E-state index in [1.807, 2.05) is 37.8 Å². The van der Waals surface area contributed by atoms with Crippen molar-refractivity contribution in [1.29, 1.82) is 0 Å². The van der Waals surface area contributed by atoms with Crippen LogP contribution < -0.4 is 20.3 Å². The zero-order valence-electron chi connectivity index (χ0n) is 30.1. The highest BCUT2D eigenvalue weighted by Crippen LogP contribution is 2.38. The minimum atomic E-state index is -0.649. The van der Waals surface area contributed by atoms with Crippen LogP contribution >= 0.6 is 0 Å². The number of carbonyl (C=O) groups is 3. The van der Waals surface area contributed by atoms with Gasteiger partial charge in [-0.05, 0) is 96.9 Å². The quantitative estimate of drug-likeness (QED) is 0.352. The van der Waals surface area contributed by atoms with Crippen molar-refractivity contribution in [2.75, 3.05) is 68.9 Å². The Morgan fingerprint density at radius 3 is 2.10 bits per heavy atom. The van der Waals surface area contributed by atoms with Gasteiger partial charge in [0, 0.05) is 61.3 Å². The number of likely N-dealkylation sites (tertiary alicyclic amines) is 1. The molecule has 2 N–H and O–H groups in total. The Kier molecular flexibility index (Phi) is 9.60. The minimum Gasteiger partial charge on any atom is -0.469 e. The molecule has 3 saturated heterocycles. The summed E-state index contributed by atoms with van der Waals surface area (Å²) in [6.45, 7) is 9.64. The van der Waals surface area contributed by atoms with Gasteiger partial charge < -0.3 is 39.7 Å². The Balaban J connectivity index is 1.06. The third-order valence-corrected chi connectivity index (χ3v) is 10.3. The number of urea groups is 1. The monoisotopic (exact) mass is 696 g/mol. The van der Waals surface area contributed by atoms with E-state index in [0.717, 1.165) is 38.8 Å². The highest BCUT2D eigenvalue weighted by Gasteiger charge is 2.39. The molecule has 4 amide bonds. The molecule has 13 nitrogen and oxygen atoms in total. The van der Waals surface area contributed by atoms with Crippen LogP contribution in [0.25, 0.3) is 11.3 Å². The van der Waals surface area contributed by atoms with Crippen LogP contribution in [0.1, 0.15) is 67.2 Å². The summed E-state index contributed by atoms with van der Waals surface area (Å²) >= 11 is 0. The van der Waals surface area contributed by atoms with Crippen LogP contribution in [0.4, 0.5) is 22.1 Å². The lowest BCUT2D eigenvalue weighted by Crippen LogP contribution is -2.44. The Hall–Kier alpha value is -4.75. The molecule has 51 heavy (non-hydrogen) atoms. The van der Waals surface area contributed by atoms with Gasteiger partial charge in [-0.25, -0.2) is 9.78 Å². The molecule has 4 aliphatic heterocycles. The largest absolute Gasteiger partial charge is 0.469 e. The molecule has 1 aromatic heterocycles. The molecule has 13 heteroatoms. The molecular weight excluding hydrogens is 648 g/mol. The van der Waals surface area contributed by atoms with Crippen molar-refractivity contribution >= 4 is 35.2 Å². The van der Waals surface area contributed by atoms with Gasteiger partial charge in [0.05, 0.1) is 24.4 Å². The SMILES string of the molecule is CCN1CC(C)(C)Oc2nc(N3CC4CCC(C3)O4)nc(-c3ccc(NC(=O)Nc4ccc(C(=O)N5CCC(N(C)C)CC5)cc4)cc3)c2C1=O. The summed E-state index contributed by atoms with van der Waals surface area (Å²) in [5.41, 5.74) is 2.61. The highest BCUT2D eigenvalue weighted by molar-refractivity contribution is 6.03. The number of likely N-dealkylation sites (N-methyl/N-ethyl adjacent to an activating group) is 1. The Morgan fingerprint density at radius 1 is 0.902 bits per heavy atom. The van der Waals surface area contributed by atoms with Gasteiger partial charge in [-0.3, -0.25) is 9.59 Å². The van der Waals surface area contributed by atoms with Crippen LogP contribution in [-0.4, -0.2) is 120 Å². The van der Waals surface area contributed by atoms with Gasteiger partial charge in [0.1, 0.15) is 11.2 Å². The second-order valence-corrected chi connectivity index (χ2v) is 14.8. The van der Waals surface area contributed by atoms with Crippen molar-refractivity contribution in [3.05, 3.63) is 59.7 Å². The molecule has 2 atom stereocenters. The standard InChI is InChI=1S/C38H48N8O5/c1-6-44-23-38(2,3)51-33-31(35(44)48)32(41-36(42-33)46-21-29-15-16-30(22-46)50-29)24-7-11-26(12-8-24)39-37(49)40-27-13-9-25(10-14-27)34(47)45-19-17-28(18-20-45)43(4)5/h7-14,28-30H,6,15-23H2,1-5H3,(H2,39,40,49). The van der Waals surface area contributed by atoms with E-state index in [2.05, 4.69) is 34.5 Å². The number of aromatic nitrogens is 2. The van der Waals surface area contributed by atoms with Gasteiger partial charge in [0.25, 0.3) is 11.8 Å². The van der Waals surface area contributed by atoms with Crippen molar-refractivity contribution in [2.24, 2.45) is 0 Å². The number of anilines is 3. The summed E-state index contributed by atoms with van der Waals surface area (Å²) in [4.78, 5) is 57.8. The van der Waals surface area contributed by atoms with Crippen molar-refractivity contribution in [1.82, 2.24) is 24.7 Å². The molecule has 4 aliphatic rings. The Labute approximate surface area is 299 Å². The number of rotatable bonds is 7. The summed E-state index contributed by atoms with van der Waals surface area (Å²) in [6, 6.07) is 14.3. The average molecular weight is 697 g/mol. The van der Waals surface area contributed by atoms with E-state index in [1.165, 1.54) is 0 Å². The van der Waals surface area contributed by atoms with Crippen molar-refractivity contribution in [3.63, 3.8) is 0 Å². The fourth-order valence-corrected chi connectivity index (χ4v) is 7.53. The van der Waals surface area contributed by atoms with E-state index >= 15 is 0 Å². The minimum absolute atomic E-state index is 0.00687. The van der Waals surface area contributed by atoms with Crippen molar-refractivity contribution in [2.45, 2.75) is 70.3 Å². The van der Waals surface area contributed by atoms with Gasteiger partial charge in [-0.2, -0.15) is 4.98 Å². The first kappa shape index (κ1) is 34.7. The third-order valence-electron chi connectivity index (χ3n) is 10.3. The lowest BCUT2D eigenvalue weighted by Gasteiger charge is -2.35. The summed E-state index contributed by atoms with van der Waals surface area (Å²) < 4.78 is 12.5. The fourth-order valence-electron chi connectivity index (χ4n) is 7.53. The second kappa shape index (κ2) is 14.1. The Morgan fingerprint density at radius 2 is 1.51 bits per heavy atom. The maximum atomic E-state index is 14.0. The highest BCUT2D eigenvalue weighted by atomic mass is 16.5. The lowest BCUT2D eigenvalue weighted by molar-refractivity contribution is 0.0297. The van der Waals surface area contributed by atoms with Crippen molar-refractivity contribution < 1.29 is 23.9 Å². The third kappa shape index (κ3) is 7.50. The zero-order valence-corrected chi connectivity index (χ0v) is 30.1. The molecule has 5 heterocycles. The number of nitrogens with one attached hydrogen (secondary N) is 2. The molecular formula is C38H48N8O5. The van der Waals surface area contributed by atoms with E-state index in [9.17, 15) is 14.4 Å². The molecule has 0 spiro atoms. The average Bonchev–Trinajstić information content (AvgIpc) is 3.41. The van der Waals surface area contributed by atoms with Crippen LogP contribution in [0.2, 0.25) is 0 Å². The summed E-state index contributed by atoms with van der Waals surface area (Å²) in [5.74, 6) is 0.626. The molecule has 2 unspecified atom stereocenters. The van der Waals surface area contributed by atoms with Crippen LogP contribution in [0.3, 0.4) is 0 Å². The van der Waals surface area contributed by atoms with Crippen LogP contribution in [-0.2, 0) is 4.74 Å². The number of ether oxygens (including phenoxy) is 2. The van der Waals surface area contributed by atoms with Crippen LogP contribution in [0, 0.1) is 0 Å². The Bertz CT molecular complexity index is 1760. The number of carbonyl (C=O) groups excluding carboxylic acids is 3. The van der Waals surface area contributed by atoms with E-state index in [0.29, 0.717) is 71.9 Å². The molecule has 0 aliphatic carbocycles. The van der Waals surface area contributed by atoms with Gasteiger partial charge >= 0.3 is 6.03 Å². The first-order valence-electron chi connectivity index (χ1n) is 18.0. The number of hydrogen-bond acceptors (Lipinski definition) is 9. The lowest BCUT2D eigenvalue weighted by atomic mass is 10.0. The molecule has 2 aromatic carbocycles. The molecule has 270 valence electrons. The topological polar surface area (TPSA) is 132 Å². The molecule has 3 aromatic rings. The number of piperidine rings is 1. The number of amides is 4.